The monoisotopic (exact) mass is 298 g/mol. The minimum absolute atomic E-state index is 0.0496. The maximum Gasteiger partial charge on any atom is 0.0613 e. The van der Waals surface area contributed by atoms with E-state index in [0.29, 0.717) is 0 Å². The van der Waals surface area contributed by atoms with Gasteiger partial charge in [0.1, 0.15) is 0 Å². The average Bonchev–Trinajstić information content (AvgIpc) is 2.53. The fraction of sp³-hybridized carbons (Fsp3) is 1.00. The quantitative estimate of drug-likeness (QED) is 0.612. The molecule has 0 amide bonds. The fourth-order valence-corrected chi connectivity index (χ4v) is 3.66. The third kappa shape index (κ3) is 6.25. The standard InChI is InChI=1S/C18H38N2O/c1-4-10-17-11-7-8-14-20(17)15-9-12-18(6-3,16-21)19-13-5-2/h17,19,21H,4-16H2,1-3H3. The van der Waals surface area contributed by atoms with Crippen LogP contribution < -0.4 is 5.32 Å². The predicted molar refractivity (Wildman–Crippen MR) is 91.8 cm³/mol. The molecular weight excluding hydrogens is 260 g/mol. The van der Waals surface area contributed by atoms with E-state index in [1.807, 2.05) is 0 Å². The lowest BCUT2D eigenvalue weighted by Gasteiger charge is -2.37. The van der Waals surface area contributed by atoms with Gasteiger partial charge in [-0.15, -0.1) is 0 Å². The van der Waals surface area contributed by atoms with Crippen molar-refractivity contribution in [2.75, 3.05) is 26.2 Å². The highest BCUT2D eigenvalue weighted by atomic mass is 16.3. The summed E-state index contributed by atoms with van der Waals surface area (Å²) in [4.78, 5) is 2.71. The summed E-state index contributed by atoms with van der Waals surface area (Å²) in [5, 5.41) is 13.4. The highest BCUT2D eigenvalue weighted by molar-refractivity contribution is 4.87. The summed E-state index contributed by atoms with van der Waals surface area (Å²) in [6.45, 7) is 10.5. The Balaban J connectivity index is 2.40. The summed E-state index contributed by atoms with van der Waals surface area (Å²) in [5.41, 5.74) is -0.0496. The van der Waals surface area contributed by atoms with Crippen LogP contribution in [0.5, 0.6) is 0 Å². The first-order chi connectivity index (χ1) is 10.2. The van der Waals surface area contributed by atoms with Gasteiger partial charge in [-0.2, -0.15) is 0 Å². The Hall–Kier alpha value is -0.120. The van der Waals surface area contributed by atoms with Crippen LogP contribution >= 0.6 is 0 Å². The zero-order valence-electron chi connectivity index (χ0n) is 14.7. The van der Waals surface area contributed by atoms with Gasteiger partial charge in [0, 0.05) is 11.6 Å². The van der Waals surface area contributed by atoms with E-state index in [2.05, 4.69) is 31.0 Å². The van der Waals surface area contributed by atoms with Crippen LogP contribution in [-0.4, -0.2) is 47.8 Å². The zero-order chi connectivity index (χ0) is 15.6. The van der Waals surface area contributed by atoms with Crippen LogP contribution in [-0.2, 0) is 0 Å². The SMILES string of the molecule is CCCNC(CC)(CO)CCCN1CCCCC1CCC. The minimum Gasteiger partial charge on any atom is -0.394 e. The molecule has 1 heterocycles. The van der Waals surface area contributed by atoms with Gasteiger partial charge >= 0.3 is 0 Å². The van der Waals surface area contributed by atoms with Gasteiger partial charge in [0.15, 0.2) is 0 Å². The van der Waals surface area contributed by atoms with Crippen molar-refractivity contribution in [3.8, 4) is 0 Å². The third-order valence-corrected chi connectivity index (χ3v) is 5.20. The number of nitrogens with one attached hydrogen (secondary N) is 1. The molecule has 0 aromatic carbocycles. The van der Waals surface area contributed by atoms with Crippen molar-refractivity contribution in [2.24, 2.45) is 0 Å². The highest BCUT2D eigenvalue weighted by Gasteiger charge is 2.27. The topological polar surface area (TPSA) is 35.5 Å². The second-order valence-electron chi connectivity index (χ2n) is 6.80. The Morgan fingerprint density at radius 1 is 1.19 bits per heavy atom. The minimum atomic E-state index is -0.0496. The third-order valence-electron chi connectivity index (χ3n) is 5.20. The first kappa shape index (κ1) is 18.9. The van der Waals surface area contributed by atoms with Crippen LogP contribution in [0, 0.1) is 0 Å². The van der Waals surface area contributed by atoms with Crippen LogP contribution in [0.4, 0.5) is 0 Å². The molecule has 2 unspecified atom stereocenters. The molecule has 1 fully saturated rings. The van der Waals surface area contributed by atoms with E-state index < -0.39 is 0 Å². The summed E-state index contributed by atoms with van der Waals surface area (Å²) in [6.07, 6.45) is 11.3. The van der Waals surface area contributed by atoms with Gasteiger partial charge in [-0.05, 0) is 64.6 Å². The molecule has 2 atom stereocenters. The molecular formula is C18H38N2O. The van der Waals surface area contributed by atoms with Gasteiger partial charge in [0.25, 0.3) is 0 Å². The van der Waals surface area contributed by atoms with Crippen molar-refractivity contribution in [2.45, 2.75) is 90.1 Å². The van der Waals surface area contributed by atoms with Gasteiger partial charge in [0.05, 0.1) is 6.61 Å². The van der Waals surface area contributed by atoms with Crippen molar-refractivity contribution in [1.29, 1.82) is 0 Å². The lowest BCUT2D eigenvalue weighted by Crippen LogP contribution is -2.49. The van der Waals surface area contributed by atoms with E-state index in [1.54, 1.807) is 0 Å². The smallest absolute Gasteiger partial charge is 0.0613 e. The fourth-order valence-electron chi connectivity index (χ4n) is 3.66. The van der Waals surface area contributed by atoms with Crippen molar-refractivity contribution in [3.05, 3.63) is 0 Å². The molecule has 3 nitrogen and oxygen atoms in total. The van der Waals surface area contributed by atoms with E-state index >= 15 is 0 Å². The molecule has 0 aromatic rings. The van der Waals surface area contributed by atoms with E-state index in [0.717, 1.165) is 31.8 Å². The summed E-state index contributed by atoms with van der Waals surface area (Å²) in [6, 6.07) is 0.817. The highest BCUT2D eigenvalue weighted by Crippen LogP contribution is 2.23. The molecule has 1 rings (SSSR count). The van der Waals surface area contributed by atoms with E-state index in [-0.39, 0.29) is 12.1 Å². The van der Waals surface area contributed by atoms with Gasteiger partial charge in [-0.3, -0.25) is 0 Å². The lowest BCUT2D eigenvalue weighted by atomic mass is 9.90. The molecule has 1 saturated heterocycles. The molecule has 0 saturated carbocycles. The summed E-state index contributed by atoms with van der Waals surface area (Å²) >= 11 is 0. The first-order valence-corrected chi connectivity index (χ1v) is 9.31. The molecule has 1 aliphatic heterocycles. The molecule has 0 spiro atoms. The Bertz CT molecular complexity index is 252. The number of rotatable bonds is 11. The van der Waals surface area contributed by atoms with Crippen LogP contribution in [0.3, 0.4) is 0 Å². The van der Waals surface area contributed by atoms with E-state index in [4.69, 9.17) is 0 Å². The molecule has 0 radical (unpaired) electrons. The summed E-state index contributed by atoms with van der Waals surface area (Å²) in [7, 11) is 0. The zero-order valence-corrected chi connectivity index (χ0v) is 14.7. The number of aliphatic hydroxyl groups excluding tert-OH is 1. The molecule has 0 bridgehead atoms. The Morgan fingerprint density at radius 2 is 2.00 bits per heavy atom. The maximum absolute atomic E-state index is 9.80. The number of hydrogen-bond acceptors (Lipinski definition) is 3. The maximum atomic E-state index is 9.80. The molecule has 2 N–H and O–H groups in total. The van der Waals surface area contributed by atoms with Crippen LogP contribution in [0.25, 0.3) is 0 Å². The van der Waals surface area contributed by atoms with E-state index in [1.165, 1.54) is 51.6 Å². The van der Waals surface area contributed by atoms with Crippen LogP contribution in [0.1, 0.15) is 78.6 Å². The lowest BCUT2D eigenvalue weighted by molar-refractivity contribution is 0.114. The molecule has 21 heavy (non-hydrogen) atoms. The van der Waals surface area contributed by atoms with Crippen molar-refractivity contribution in [1.82, 2.24) is 10.2 Å². The molecule has 3 heteroatoms. The normalized spacial score (nSPS) is 23.1. The number of aliphatic hydroxyl groups is 1. The van der Waals surface area contributed by atoms with Crippen molar-refractivity contribution >= 4 is 0 Å². The Morgan fingerprint density at radius 3 is 2.62 bits per heavy atom. The van der Waals surface area contributed by atoms with Gasteiger partial charge in [0.2, 0.25) is 0 Å². The van der Waals surface area contributed by atoms with Gasteiger partial charge in [-0.1, -0.05) is 33.6 Å². The predicted octanol–water partition coefficient (Wildman–Crippen LogP) is 3.56. The summed E-state index contributed by atoms with van der Waals surface area (Å²) in [5.74, 6) is 0. The number of nitrogens with zero attached hydrogens (tertiary/aromatic N) is 1. The Labute approximate surface area is 132 Å². The number of piperidine rings is 1. The molecule has 0 aliphatic carbocycles. The van der Waals surface area contributed by atoms with Gasteiger partial charge < -0.3 is 15.3 Å². The average molecular weight is 299 g/mol. The molecule has 0 aromatic heterocycles. The van der Waals surface area contributed by atoms with Crippen LogP contribution in [0.15, 0.2) is 0 Å². The number of hydrogen-bond donors (Lipinski definition) is 2. The van der Waals surface area contributed by atoms with Crippen LogP contribution in [0.2, 0.25) is 0 Å². The van der Waals surface area contributed by atoms with Gasteiger partial charge in [-0.25, -0.2) is 0 Å². The second kappa shape index (κ2) is 10.6. The van der Waals surface area contributed by atoms with E-state index in [9.17, 15) is 5.11 Å². The Kier molecular flexibility index (Phi) is 9.54. The first-order valence-electron chi connectivity index (χ1n) is 9.31. The largest absolute Gasteiger partial charge is 0.394 e. The number of likely N-dealkylation sites (tertiary alicyclic amines) is 1. The van der Waals surface area contributed by atoms with Crippen molar-refractivity contribution < 1.29 is 5.11 Å². The molecule has 126 valence electrons. The second-order valence-corrected chi connectivity index (χ2v) is 6.80. The molecule has 1 aliphatic rings. The summed E-state index contributed by atoms with van der Waals surface area (Å²) < 4.78 is 0. The van der Waals surface area contributed by atoms with Crippen molar-refractivity contribution in [3.63, 3.8) is 0 Å².